The molecule has 1 fully saturated rings. The average Bonchev–Trinajstić information content (AvgIpc) is 2.58. The van der Waals surface area contributed by atoms with Gasteiger partial charge in [0.25, 0.3) is 0 Å². The number of rotatable bonds is 4. The van der Waals surface area contributed by atoms with Gasteiger partial charge in [0.2, 0.25) is 0 Å². The third-order valence-corrected chi connectivity index (χ3v) is 4.56. The SMILES string of the molecule is COc1ccc([C@@H](c2ccc(F)cc2)C2CCNCC2)cc1. The van der Waals surface area contributed by atoms with Crippen LogP contribution in [0.1, 0.15) is 29.9 Å². The van der Waals surface area contributed by atoms with Crippen molar-refractivity contribution < 1.29 is 9.13 Å². The second-order valence-corrected chi connectivity index (χ2v) is 5.89. The Morgan fingerprint density at radius 1 is 0.955 bits per heavy atom. The molecule has 1 saturated heterocycles. The molecule has 1 N–H and O–H groups in total. The first kappa shape index (κ1) is 15.0. The van der Waals surface area contributed by atoms with E-state index in [1.807, 2.05) is 24.3 Å². The summed E-state index contributed by atoms with van der Waals surface area (Å²) in [6.07, 6.45) is 2.29. The summed E-state index contributed by atoms with van der Waals surface area (Å²) >= 11 is 0. The summed E-state index contributed by atoms with van der Waals surface area (Å²) in [7, 11) is 1.68. The number of benzene rings is 2. The van der Waals surface area contributed by atoms with Gasteiger partial charge < -0.3 is 10.1 Å². The van der Waals surface area contributed by atoms with Crippen molar-refractivity contribution >= 4 is 0 Å². The van der Waals surface area contributed by atoms with Gasteiger partial charge in [-0.2, -0.15) is 0 Å². The molecule has 0 unspecified atom stereocenters. The molecule has 0 spiro atoms. The fourth-order valence-electron chi connectivity index (χ4n) is 3.40. The van der Waals surface area contributed by atoms with E-state index in [0.29, 0.717) is 11.8 Å². The standard InChI is InChI=1S/C19H22FNO/c1-22-18-8-4-15(5-9-18)19(16-10-12-21-13-11-16)14-2-6-17(20)7-3-14/h2-9,16,19,21H,10-13H2,1H3/t19-/m1/s1. The van der Waals surface area contributed by atoms with Gasteiger partial charge in [-0.3, -0.25) is 0 Å². The Morgan fingerprint density at radius 3 is 2.05 bits per heavy atom. The van der Waals surface area contributed by atoms with E-state index in [4.69, 9.17) is 4.74 Å². The molecule has 3 rings (SSSR count). The molecule has 0 bridgehead atoms. The molecule has 1 aliphatic heterocycles. The number of hydrogen-bond acceptors (Lipinski definition) is 2. The molecule has 1 heterocycles. The fourth-order valence-corrected chi connectivity index (χ4v) is 3.40. The van der Waals surface area contributed by atoms with Crippen LogP contribution >= 0.6 is 0 Å². The van der Waals surface area contributed by atoms with E-state index in [9.17, 15) is 4.39 Å². The van der Waals surface area contributed by atoms with E-state index in [1.54, 1.807) is 19.2 Å². The first-order valence-corrected chi connectivity index (χ1v) is 7.88. The molecular formula is C19H22FNO. The van der Waals surface area contributed by atoms with Crippen molar-refractivity contribution in [3.05, 3.63) is 65.5 Å². The van der Waals surface area contributed by atoms with Gasteiger partial charge in [-0.1, -0.05) is 24.3 Å². The highest BCUT2D eigenvalue weighted by Crippen LogP contribution is 2.37. The molecule has 2 aromatic carbocycles. The normalized spacial score (nSPS) is 17.2. The van der Waals surface area contributed by atoms with Crippen LogP contribution < -0.4 is 10.1 Å². The maximum atomic E-state index is 13.3. The Morgan fingerprint density at radius 2 is 1.50 bits per heavy atom. The molecule has 116 valence electrons. The van der Waals surface area contributed by atoms with Crippen molar-refractivity contribution in [1.82, 2.24) is 5.32 Å². The van der Waals surface area contributed by atoms with Crippen LogP contribution in [0.25, 0.3) is 0 Å². The van der Waals surface area contributed by atoms with Crippen molar-refractivity contribution in [2.75, 3.05) is 20.2 Å². The smallest absolute Gasteiger partial charge is 0.123 e. The summed E-state index contributed by atoms with van der Waals surface area (Å²) in [4.78, 5) is 0. The van der Waals surface area contributed by atoms with E-state index in [2.05, 4.69) is 17.4 Å². The zero-order valence-corrected chi connectivity index (χ0v) is 12.9. The van der Waals surface area contributed by atoms with E-state index in [-0.39, 0.29) is 5.82 Å². The molecule has 1 aliphatic rings. The fraction of sp³-hybridized carbons (Fsp3) is 0.368. The lowest BCUT2D eigenvalue weighted by molar-refractivity contribution is 0.342. The zero-order chi connectivity index (χ0) is 15.4. The Hall–Kier alpha value is -1.87. The van der Waals surface area contributed by atoms with Gasteiger partial charge in [0.05, 0.1) is 7.11 Å². The van der Waals surface area contributed by atoms with E-state index < -0.39 is 0 Å². The number of ether oxygens (including phenoxy) is 1. The molecule has 0 saturated carbocycles. The molecular weight excluding hydrogens is 277 g/mol. The Balaban J connectivity index is 1.95. The summed E-state index contributed by atoms with van der Waals surface area (Å²) in [6, 6.07) is 15.3. The minimum absolute atomic E-state index is 0.178. The van der Waals surface area contributed by atoms with Gasteiger partial charge in [-0.25, -0.2) is 4.39 Å². The van der Waals surface area contributed by atoms with Crippen LogP contribution in [0.4, 0.5) is 4.39 Å². The van der Waals surface area contributed by atoms with Gasteiger partial charge in [-0.05, 0) is 67.2 Å². The van der Waals surface area contributed by atoms with Gasteiger partial charge in [-0.15, -0.1) is 0 Å². The minimum atomic E-state index is -0.178. The lowest BCUT2D eigenvalue weighted by atomic mass is 9.76. The summed E-state index contributed by atoms with van der Waals surface area (Å²) in [5, 5.41) is 3.42. The second-order valence-electron chi connectivity index (χ2n) is 5.89. The van der Waals surface area contributed by atoms with Crippen molar-refractivity contribution in [2.24, 2.45) is 5.92 Å². The largest absolute Gasteiger partial charge is 0.497 e. The first-order chi connectivity index (χ1) is 10.8. The average molecular weight is 299 g/mol. The third-order valence-electron chi connectivity index (χ3n) is 4.56. The molecule has 0 amide bonds. The maximum Gasteiger partial charge on any atom is 0.123 e. The number of nitrogens with one attached hydrogen (secondary N) is 1. The summed E-state index contributed by atoms with van der Waals surface area (Å²) in [5.74, 6) is 1.59. The number of halogens is 1. The van der Waals surface area contributed by atoms with Gasteiger partial charge in [0.1, 0.15) is 11.6 Å². The molecule has 22 heavy (non-hydrogen) atoms. The summed E-state index contributed by atoms with van der Waals surface area (Å²) in [5.41, 5.74) is 2.47. The van der Waals surface area contributed by atoms with Crippen molar-refractivity contribution in [3.63, 3.8) is 0 Å². The van der Waals surface area contributed by atoms with Crippen LogP contribution in [0.15, 0.2) is 48.5 Å². The van der Waals surface area contributed by atoms with Crippen molar-refractivity contribution in [2.45, 2.75) is 18.8 Å². The highest BCUT2D eigenvalue weighted by atomic mass is 19.1. The van der Waals surface area contributed by atoms with Crippen LogP contribution in [0.3, 0.4) is 0 Å². The first-order valence-electron chi connectivity index (χ1n) is 7.88. The van der Waals surface area contributed by atoms with Crippen LogP contribution in [0.2, 0.25) is 0 Å². The van der Waals surface area contributed by atoms with E-state index in [0.717, 1.165) is 31.7 Å². The molecule has 2 nitrogen and oxygen atoms in total. The lowest BCUT2D eigenvalue weighted by Gasteiger charge is -2.31. The van der Waals surface area contributed by atoms with E-state index in [1.165, 1.54) is 11.1 Å². The predicted octanol–water partition coefficient (Wildman–Crippen LogP) is 3.97. The topological polar surface area (TPSA) is 21.3 Å². The number of piperidine rings is 1. The van der Waals surface area contributed by atoms with Crippen molar-refractivity contribution in [3.8, 4) is 5.75 Å². The molecule has 1 atom stereocenters. The maximum absolute atomic E-state index is 13.3. The second kappa shape index (κ2) is 6.93. The molecule has 0 aliphatic carbocycles. The number of hydrogen-bond donors (Lipinski definition) is 1. The Bertz CT molecular complexity index is 588. The minimum Gasteiger partial charge on any atom is -0.497 e. The Labute approximate surface area is 131 Å². The zero-order valence-electron chi connectivity index (χ0n) is 12.9. The summed E-state index contributed by atoms with van der Waals surface area (Å²) < 4.78 is 18.5. The molecule has 3 heteroatoms. The van der Waals surface area contributed by atoms with Gasteiger partial charge in [0.15, 0.2) is 0 Å². The number of methoxy groups -OCH3 is 1. The highest BCUT2D eigenvalue weighted by molar-refractivity contribution is 5.37. The quantitative estimate of drug-likeness (QED) is 0.922. The molecule has 2 aromatic rings. The van der Waals surface area contributed by atoms with Crippen LogP contribution in [-0.2, 0) is 0 Å². The van der Waals surface area contributed by atoms with Gasteiger partial charge in [0, 0.05) is 5.92 Å². The Kier molecular flexibility index (Phi) is 4.74. The lowest BCUT2D eigenvalue weighted by Crippen LogP contribution is -2.31. The molecule has 0 radical (unpaired) electrons. The molecule has 0 aromatic heterocycles. The van der Waals surface area contributed by atoms with E-state index >= 15 is 0 Å². The monoisotopic (exact) mass is 299 g/mol. The predicted molar refractivity (Wildman–Crippen MR) is 86.8 cm³/mol. The van der Waals surface area contributed by atoms with Crippen molar-refractivity contribution in [1.29, 1.82) is 0 Å². The van der Waals surface area contributed by atoms with Crippen LogP contribution in [0.5, 0.6) is 5.75 Å². The van der Waals surface area contributed by atoms with Gasteiger partial charge >= 0.3 is 0 Å². The van der Waals surface area contributed by atoms with Crippen LogP contribution in [0, 0.1) is 11.7 Å². The highest BCUT2D eigenvalue weighted by Gasteiger charge is 2.26. The van der Waals surface area contributed by atoms with Crippen LogP contribution in [-0.4, -0.2) is 20.2 Å². The summed E-state index contributed by atoms with van der Waals surface area (Å²) in [6.45, 7) is 2.11. The third kappa shape index (κ3) is 3.30.